The van der Waals surface area contributed by atoms with Crippen molar-refractivity contribution in [2.24, 2.45) is 0 Å². The Morgan fingerprint density at radius 1 is 1.60 bits per heavy atom. The third kappa shape index (κ3) is 1.73. The zero-order valence-electron chi connectivity index (χ0n) is 5.63. The summed E-state index contributed by atoms with van der Waals surface area (Å²) in [6, 6.07) is 1.93. The van der Waals surface area contributed by atoms with Gasteiger partial charge in [0.1, 0.15) is 15.8 Å². The topological polar surface area (TPSA) is 37.8 Å². The molecular weight excluding hydrogens is 241 g/mol. The highest BCUT2D eigenvalue weighted by molar-refractivity contribution is 14.2. The molecule has 0 aliphatic carbocycles. The van der Waals surface area contributed by atoms with Crippen LogP contribution in [0.5, 0.6) is 0 Å². The second-order valence-corrected chi connectivity index (χ2v) is 3.48. The van der Waals surface area contributed by atoms with Gasteiger partial charge in [-0.05, 0) is 0 Å². The second-order valence-electron chi connectivity index (χ2n) is 1.61. The maximum atomic E-state index is 4.04. The van der Waals surface area contributed by atoms with E-state index in [2.05, 4.69) is 19.8 Å². The van der Waals surface area contributed by atoms with Crippen LogP contribution in [0.3, 0.4) is 0 Å². The summed E-state index contributed by atoms with van der Waals surface area (Å²) in [7, 11) is 1.84. The van der Waals surface area contributed by atoms with Crippen LogP contribution in [0.15, 0.2) is 12.4 Å². The molecule has 1 heterocycles. The first-order valence-corrected chi connectivity index (χ1v) is 5.35. The Hall–Kier alpha value is -0.520. The van der Waals surface area contributed by atoms with Crippen molar-refractivity contribution in [2.75, 3.05) is 12.4 Å². The summed E-state index contributed by atoms with van der Waals surface area (Å²) < 4.78 is 4.89. The van der Waals surface area contributed by atoms with Crippen LogP contribution < -0.4 is 5.32 Å². The average Bonchev–Trinajstić information content (AvgIpc) is 2.05. The van der Waals surface area contributed by atoms with Crippen LogP contribution in [0.1, 0.15) is 0 Å². The molecule has 0 unspecified atom stereocenters. The number of rotatable bonds is 2. The standard InChI is InChI=1S/C6H8IN3/c1-7-5-3-6(8-2)10-4-9-5/h3-4H,1H2,2H3,(H,8,9,10). The quantitative estimate of drug-likeness (QED) is 0.629. The third-order valence-corrected chi connectivity index (χ3v) is 2.40. The molecule has 0 radical (unpaired) electrons. The zero-order chi connectivity index (χ0) is 7.40. The van der Waals surface area contributed by atoms with Crippen LogP contribution in [-0.2, 0) is 0 Å². The molecule has 1 aromatic heterocycles. The summed E-state index contributed by atoms with van der Waals surface area (Å²) in [5.74, 6) is 0.869. The van der Waals surface area contributed by atoms with Gasteiger partial charge in [-0.1, -0.05) is 25.2 Å². The van der Waals surface area contributed by atoms with E-state index in [4.69, 9.17) is 0 Å². The Morgan fingerprint density at radius 3 is 3.00 bits per heavy atom. The highest BCUT2D eigenvalue weighted by Gasteiger charge is 1.90. The van der Waals surface area contributed by atoms with Gasteiger partial charge >= 0.3 is 0 Å². The predicted molar refractivity (Wildman–Crippen MR) is 51.4 cm³/mol. The van der Waals surface area contributed by atoms with Gasteiger partial charge in [0, 0.05) is 13.1 Å². The minimum absolute atomic E-state index is 0.155. The fourth-order valence-electron chi connectivity index (χ4n) is 0.543. The highest BCUT2D eigenvalue weighted by atomic mass is 127. The normalized spacial score (nSPS) is 9.30. The lowest BCUT2D eigenvalue weighted by Gasteiger charge is -1.96. The number of nitrogens with zero attached hydrogens (tertiary/aromatic N) is 2. The molecule has 0 saturated heterocycles. The Balaban J connectivity index is 2.98. The number of halogens is 1. The van der Waals surface area contributed by atoms with Crippen molar-refractivity contribution in [3.63, 3.8) is 0 Å². The van der Waals surface area contributed by atoms with Crippen LogP contribution in [0.2, 0.25) is 0 Å². The minimum atomic E-state index is -0.155. The van der Waals surface area contributed by atoms with Crippen molar-refractivity contribution < 1.29 is 0 Å². The molecule has 0 aliphatic heterocycles. The van der Waals surface area contributed by atoms with E-state index in [0.717, 1.165) is 9.52 Å². The lowest BCUT2D eigenvalue weighted by Crippen LogP contribution is -1.93. The van der Waals surface area contributed by atoms with Gasteiger partial charge in [-0.3, -0.25) is 0 Å². The second kappa shape index (κ2) is 3.60. The van der Waals surface area contributed by atoms with E-state index >= 15 is 0 Å². The van der Waals surface area contributed by atoms with Crippen LogP contribution in [0.25, 0.3) is 0 Å². The van der Waals surface area contributed by atoms with Crippen LogP contribution >= 0.6 is 20.7 Å². The summed E-state index contributed by atoms with van der Waals surface area (Å²) in [4.78, 5) is 8.01. The van der Waals surface area contributed by atoms with Gasteiger partial charge in [-0.25, -0.2) is 9.97 Å². The summed E-state index contributed by atoms with van der Waals surface area (Å²) in [6.45, 7) is 0. The first-order valence-electron chi connectivity index (χ1n) is 2.75. The molecule has 0 bridgehead atoms. The van der Waals surface area contributed by atoms with E-state index in [1.807, 2.05) is 13.1 Å². The van der Waals surface area contributed by atoms with Gasteiger partial charge in [-0.15, -0.1) is 0 Å². The molecule has 1 rings (SSSR count). The average molecular weight is 249 g/mol. The Kier molecular flexibility index (Phi) is 2.73. The van der Waals surface area contributed by atoms with Crippen molar-refractivity contribution in [1.29, 1.82) is 0 Å². The minimum Gasteiger partial charge on any atom is -0.373 e. The van der Waals surface area contributed by atoms with Gasteiger partial charge < -0.3 is 5.32 Å². The molecular formula is C6H8IN3. The van der Waals surface area contributed by atoms with Crippen LogP contribution in [0.4, 0.5) is 5.82 Å². The van der Waals surface area contributed by atoms with Gasteiger partial charge in [0.05, 0.1) is 0 Å². The zero-order valence-corrected chi connectivity index (χ0v) is 7.79. The lowest BCUT2D eigenvalue weighted by atomic mass is 10.6. The van der Waals surface area contributed by atoms with Crippen molar-refractivity contribution in [3.8, 4) is 0 Å². The highest BCUT2D eigenvalue weighted by Crippen LogP contribution is 2.08. The largest absolute Gasteiger partial charge is 0.373 e. The predicted octanol–water partition coefficient (Wildman–Crippen LogP) is 1.09. The van der Waals surface area contributed by atoms with Gasteiger partial charge in [0.2, 0.25) is 0 Å². The summed E-state index contributed by atoms with van der Waals surface area (Å²) >= 11 is -0.155. The monoisotopic (exact) mass is 249 g/mol. The fourth-order valence-corrected chi connectivity index (χ4v) is 1.38. The van der Waals surface area contributed by atoms with E-state index in [-0.39, 0.29) is 20.7 Å². The van der Waals surface area contributed by atoms with Crippen LogP contribution in [0, 0.1) is 3.70 Å². The number of anilines is 1. The van der Waals surface area contributed by atoms with E-state index < -0.39 is 0 Å². The summed E-state index contributed by atoms with van der Waals surface area (Å²) in [5.41, 5.74) is 0. The third-order valence-electron chi connectivity index (χ3n) is 1.03. The number of aromatic nitrogens is 2. The molecule has 0 aromatic carbocycles. The molecule has 0 saturated carbocycles. The Bertz CT molecular complexity index is 236. The summed E-state index contributed by atoms with van der Waals surface area (Å²) in [5, 5.41) is 2.94. The van der Waals surface area contributed by atoms with E-state index in [1.165, 1.54) is 0 Å². The molecule has 1 aromatic rings. The van der Waals surface area contributed by atoms with Crippen molar-refractivity contribution in [3.05, 3.63) is 16.1 Å². The fraction of sp³-hybridized carbons (Fsp3) is 0.167. The van der Waals surface area contributed by atoms with E-state index in [0.29, 0.717) is 0 Å². The SMILES string of the molecule is C=Ic1cc(NC)ncn1. The molecule has 0 atom stereocenters. The van der Waals surface area contributed by atoms with E-state index in [9.17, 15) is 0 Å². The summed E-state index contributed by atoms with van der Waals surface area (Å²) in [6.07, 6.45) is 1.56. The molecule has 0 spiro atoms. The lowest BCUT2D eigenvalue weighted by molar-refractivity contribution is 1.13. The molecule has 4 heteroatoms. The number of hydrogen-bond donors (Lipinski definition) is 1. The first kappa shape index (κ1) is 7.59. The molecule has 0 fully saturated rings. The first-order chi connectivity index (χ1) is 4.86. The molecule has 10 heavy (non-hydrogen) atoms. The van der Waals surface area contributed by atoms with Gasteiger partial charge in [0.15, 0.2) is 0 Å². The van der Waals surface area contributed by atoms with Gasteiger partial charge in [-0.2, -0.15) is 0 Å². The van der Waals surface area contributed by atoms with Crippen molar-refractivity contribution in [2.45, 2.75) is 0 Å². The molecule has 1 N–H and O–H groups in total. The number of nitrogens with one attached hydrogen (secondary N) is 1. The van der Waals surface area contributed by atoms with Crippen LogP contribution in [-0.4, -0.2) is 21.5 Å². The Labute approximate surface area is 69.6 Å². The number of hydrogen-bond acceptors (Lipinski definition) is 3. The molecule has 54 valence electrons. The van der Waals surface area contributed by atoms with E-state index in [1.54, 1.807) is 6.33 Å². The van der Waals surface area contributed by atoms with Gasteiger partial charge in [0.25, 0.3) is 0 Å². The van der Waals surface area contributed by atoms with Crippen molar-refractivity contribution in [1.82, 2.24) is 9.97 Å². The maximum Gasteiger partial charge on any atom is 0.130 e. The Morgan fingerprint density at radius 2 is 2.40 bits per heavy atom. The molecule has 3 nitrogen and oxygen atoms in total. The molecule has 0 aliphatic rings. The smallest absolute Gasteiger partial charge is 0.130 e. The van der Waals surface area contributed by atoms with Crippen molar-refractivity contribution >= 4 is 31.1 Å². The maximum absolute atomic E-state index is 4.04. The molecule has 0 amide bonds.